The SMILES string of the molecule is CC(NC(=O)/C=C/C(C)(C)C)C(O)c1ccc(F)c(F)c1. The van der Waals surface area contributed by atoms with Gasteiger partial charge in [0, 0.05) is 0 Å². The second kappa shape index (κ2) is 6.80. The molecule has 1 rings (SSSR count). The zero-order valence-electron chi connectivity index (χ0n) is 12.7. The molecule has 1 aromatic carbocycles. The molecule has 0 aliphatic carbocycles. The Morgan fingerprint density at radius 1 is 1.29 bits per heavy atom. The first kappa shape index (κ1) is 17.3. The molecule has 0 spiro atoms. The molecule has 0 aromatic heterocycles. The summed E-state index contributed by atoms with van der Waals surface area (Å²) in [5.74, 6) is -2.35. The molecular weight excluding hydrogens is 276 g/mol. The van der Waals surface area contributed by atoms with Crippen LogP contribution >= 0.6 is 0 Å². The molecule has 21 heavy (non-hydrogen) atoms. The Hall–Kier alpha value is -1.75. The van der Waals surface area contributed by atoms with E-state index in [0.29, 0.717) is 0 Å². The van der Waals surface area contributed by atoms with E-state index in [4.69, 9.17) is 0 Å². The predicted octanol–water partition coefficient (Wildman–Crippen LogP) is 3.11. The van der Waals surface area contributed by atoms with E-state index in [0.717, 1.165) is 12.1 Å². The average molecular weight is 297 g/mol. The highest BCUT2D eigenvalue weighted by molar-refractivity contribution is 5.87. The van der Waals surface area contributed by atoms with E-state index in [-0.39, 0.29) is 16.9 Å². The molecule has 0 bridgehead atoms. The first-order valence-electron chi connectivity index (χ1n) is 6.73. The summed E-state index contributed by atoms with van der Waals surface area (Å²) in [7, 11) is 0. The largest absolute Gasteiger partial charge is 0.386 e. The number of aliphatic hydroxyl groups is 1. The summed E-state index contributed by atoms with van der Waals surface area (Å²) in [4.78, 5) is 11.7. The number of hydrogen-bond acceptors (Lipinski definition) is 2. The summed E-state index contributed by atoms with van der Waals surface area (Å²) in [5.41, 5.74) is 0.0840. The molecule has 1 amide bonds. The van der Waals surface area contributed by atoms with Gasteiger partial charge in [0.1, 0.15) is 0 Å². The van der Waals surface area contributed by atoms with Crippen molar-refractivity contribution in [3.63, 3.8) is 0 Å². The number of amides is 1. The van der Waals surface area contributed by atoms with Crippen LogP contribution in [0, 0.1) is 17.0 Å². The summed E-state index contributed by atoms with van der Waals surface area (Å²) < 4.78 is 26.0. The predicted molar refractivity (Wildman–Crippen MR) is 77.5 cm³/mol. The number of halogens is 2. The summed E-state index contributed by atoms with van der Waals surface area (Å²) in [6, 6.07) is 2.53. The molecule has 0 fully saturated rings. The van der Waals surface area contributed by atoms with E-state index < -0.39 is 23.8 Å². The summed E-state index contributed by atoms with van der Waals surface area (Å²) in [6.07, 6.45) is 2.03. The fourth-order valence-electron chi connectivity index (χ4n) is 1.66. The molecule has 0 saturated carbocycles. The maximum absolute atomic E-state index is 13.1. The molecule has 5 heteroatoms. The highest BCUT2D eigenvalue weighted by Crippen LogP contribution is 2.19. The van der Waals surface area contributed by atoms with Crippen LogP contribution in [-0.2, 0) is 4.79 Å². The van der Waals surface area contributed by atoms with Crippen LogP contribution in [-0.4, -0.2) is 17.1 Å². The minimum atomic E-state index is -1.12. The number of hydrogen-bond donors (Lipinski definition) is 2. The monoisotopic (exact) mass is 297 g/mol. The number of carbonyl (C=O) groups is 1. The van der Waals surface area contributed by atoms with Crippen LogP contribution in [0.5, 0.6) is 0 Å². The van der Waals surface area contributed by atoms with Crippen LogP contribution in [0.1, 0.15) is 39.4 Å². The first-order chi connectivity index (χ1) is 9.60. The molecule has 2 N–H and O–H groups in total. The van der Waals surface area contributed by atoms with Gasteiger partial charge in [-0.15, -0.1) is 0 Å². The zero-order chi connectivity index (χ0) is 16.2. The molecule has 1 aromatic rings. The lowest BCUT2D eigenvalue weighted by molar-refractivity contribution is -0.117. The lowest BCUT2D eigenvalue weighted by Gasteiger charge is -2.20. The Balaban J connectivity index is 2.70. The van der Waals surface area contributed by atoms with Gasteiger partial charge in [-0.25, -0.2) is 8.78 Å². The van der Waals surface area contributed by atoms with Gasteiger partial charge in [0.25, 0.3) is 0 Å². The third kappa shape index (κ3) is 5.63. The first-order valence-corrected chi connectivity index (χ1v) is 6.73. The van der Waals surface area contributed by atoms with Crippen LogP contribution in [0.2, 0.25) is 0 Å². The van der Waals surface area contributed by atoms with Gasteiger partial charge in [-0.2, -0.15) is 0 Å². The molecule has 0 aliphatic heterocycles. The molecule has 2 unspecified atom stereocenters. The maximum Gasteiger partial charge on any atom is 0.243 e. The van der Waals surface area contributed by atoms with Gasteiger partial charge in [-0.05, 0) is 36.1 Å². The lowest BCUT2D eigenvalue weighted by Crippen LogP contribution is -2.36. The molecule has 0 aliphatic rings. The number of rotatable bonds is 4. The number of benzene rings is 1. The summed E-state index contributed by atoms with van der Waals surface area (Å²) in [6.45, 7) is 7.46. The van der Waals surface area contributed by atoms with Crippen LogP contribution < -0.4 is 5.32 Å². The fourth-order valence-corrected chi connectivity index (χ4v) is 1.66. The van der Waals surface area contributed by atoms with Gasteiger partial charge in [-0.1, -0.05) is 32.9 Å². The van der Waals surface area contributed by atoms with Gasteiger partial charge in [0.2, 0.25) is 5.91 Å². The lowest BCUT2D eigenvalue weighted by atomic mass is 9.96. The Labute approximate surface area is 123 Å². The second-order valence-corrected chi connectivity index (χ2v) is 6.12. The van der Waals surface area contributed by atoms with Crippen molar-refractivity contribution >= 4 is 5.91 Å². The number of aliphatic hydroxyl groups excluding tert-OH is 1. The Kier molecular flexibility index (Phi) is 5.61. The van der Waals surface area contributed by atoms with E-state index in [1.54, 1.807) is 13.0 Å². The molecule has 3 nitrogen and oxygen atoms in total. The summed E-state index contributed by atoms with van der Waals surface area (Å²) >= 11 is 0. The van der Waals surface area contributed by atoms with Gasteiger partial charge in [0.05, 0.1) is 12.1 Å². The number of carbonyl (C=O) groups excluding carboxylic acids is 1. The minimum absolute atomic E-state index is 0.126. The topological polar surface area (TPSA) is 49.3 Å². The van der Waals surface area contributed by atoms with Crippen molar-refractivity contribution in [3.8, 4) is 0 Å². The smallest absolute Gasteiger partial charge is 0.243 e. The van der Waals surface area contributed by atoms with Gasteiger partial charge in [0.15, 0.2) is 11.6 Å². The number of allylic oxidation sites excluding steroid dienone is 1. The average Bonchev–Trinajstić information content (AvgIpc) is 2.38. The summed E-state index contributed by atoms with van der Waals surface area (Å²) in [5, 5.41) is 12.6. The normalized spacial score (nSPS) is 15.0. The molecule has 0 saturated heterocycles. The van der Waals surface area contributed by atoms with Crippen molar-refractivity contribution in [2.24, 2.45) is 5.41 Å². The molecule has 2 atom stereocenters. The van der Waals surface area contributed by atoms with Crippen molar-refractivity contribution < 1.29 is 18.7 Å². The van der Waals surface area contributed by atoms with Crippen molar-refractivity contribution in [2.45, 2.75) is 39.8 Å². The Bertz CT molecular complexity index is 536. The van der Waals surface area contributed by atoms with E-state index >= 15 is 0 Å². The van der Waals surface area contributed by atoms with Gasteiger partial charge < -0.3 is 10.4 Å². The van der Waals surface area contributed by atoms with Crippen molar-refractivity contribution in [3.05, 3.63) is 47.5 Å². The van der Waals surface area contributed by atoms with Crippen LogP contribution in [0.25, 0.3) is 0 Å². The molecule has 116 valence electrons. The zero-order valence-corrected chi connectivity index (χ0v) is 12.7. The third-order valence-corrected chi connectivity index (χ3v) is 2.86. The fraction of sp³-hybridized carbons (Fsp3) is 0.438. The van der Waals surface area contributed by atoms with Crippen LogP contribution in [0.3, 0.4) is 0 Å². The molecule has 0 heterocycles. The quantitative estimate of drug-likeness (QED) is 0.839. The number of nitrogens with one attached hydrogen (secondary N) is 1. The van der Waals surface area contributed by atoms with E-state index in [1.165, 1.54) is 12.1 Å². The van der Waals surface area contributed by atoms with E-state index in [2.05, 4.69) is 5.32 Å². The van der Waals surface area contributed by atoms with Crippen molar-refractivity contribution in [2.75, 3.05) is 0 Å². The second-order valence-electron chi connectivity index (χ2n) is 6.12. The highest BCUT2D eigenvalue weighted by atomic mass is 19.2. The van der Waals surface area contributed by atoms with Crippen LogP contribution in [0.4, 0.5) is 8.78 Å². The molecule has 0 radical (unpaired) electrons. The Morgan fingerprint density at radius 2 is 1.90 bits per heavy atom. The standard InChI is InChI=1S/C16H21F2NO2/c1-10(19-14(20)7-8-16(2,3)4)15(21)11-5-6-12(17)13(18)9-11/h5-10,15,21H,1-4H3,(H,19,20)/b8-7+. The maximum atomic E-state index is 13.1. The van der Waals surface area contributed by atoms with Crippen LogP contribution in [0.15, 0.2) is 30.4 Å². The van der Waals surface area contributed by atoms with Crippen molar-refractivity contribution in [1.82, 2.24) is 5.32 Å². The van der Waals surface area contributed by atoms with E-state index in [9.17, 15) is 18.7 Å². The molecular formula is C16H21F2NO2. The van der Waals surface area contributed by atoms with Gasteiger partial charge >= 0.3 is 0 Å². The van der Waals surface area contributed by atoms with E-state index in [1.807, 2.05) is 20.8 Å². The Morgan fingerprint density at radius 3 is 2.43 bits per heavy atom. The third-order valence-electron chi connectivity index (χ3n) is 2.86. The van der Waals surface area contributed by atoms with Gasteiger partial charge in [-0.3, -0.25) is 4.79 Å². The van der Waals surface area contributed by atoms with Crippen molar-refractivity contribution in [1.29, 1.82) is 0 Å². The highest BCUT2D eigenvalue weighted by Gasteiger charge is 2.19. The minimum Gasteiger partial charge on any atom is -0.386 e.